The zero-order valence-corrected chi connectivity index (χ0v) is 11.6. The number of ketones is 1. The average Bonchev–Trinajstić information content (AvgIpc) is 2.71. The molecule has 1 heterocycles. The van der Waals surface area contributed by atoms with E-state index in [1.165, 1.54) is 17.1 Å². The Kier molecular flexibility index (Phi) is 3.77. The predicted molar refractivity (Wildman–Crippen MR) is 76.0 cm³/mol. The van der Waals surface area contributed by atoms with Gasteiger partial charge in [0.2, 0.25) is 0 Å². The van der Waals surface area contributed by atoms with Crippen molar-refractivity contribution < 1.29 is 4.79 Å². The number of aryl methyl sites for hydroxylation is 2. The molecule has 0 saturated carbocycles. The van der Waals surface area contributed by atoms with Gasteiger partial charge in [0.1, 0.15) is 5.00 Å². The molecule has 2 aromatic rings. The Balaban J connectivity index is 2.25. The van der Waals surface area contributed by atoms with Crippen molar-refractivity contribution in [2.45, 2.75) is 27.2 Å². The number of carbonyl (C=O) groups excluding carboxylic acids is 1. The first-order chi connectivity index (χ1) is 8.61. The summed E-state index contributed by atoms with van der Waals surface area (Å²) in [6.07, 6.45) is 1.03. The van der Waals surface area contributed by atoms with Gasteiger partial charge in [0.05, 0.1) is 11.3 Å². The number of hydrogen-bond donors (Lipinski definition) is 1. The standard InChI is InChI=1S/C14H16N2OS/c1-4-11-5-7-12(8-6-11)15-14-13(10(3)17)9(2)16-18-14/h5-8,15H,4H2,1-3H3. The molecule has 0 atom stereocenters. The van der Waals surface area contributed by atoms with Gasteiger partial charge in [-0.2, -0.15) is 4.37 Å². The third-order valence-corrected chi connectivity index (χ3v) is 3.69. The van der Waals surface area contributed by atoms with Crippen LogP contribution in [0.3, 0.4) is 0 Å². The van der Waals surface area contributed by atoms with Crippen LogP contribution in [-0.2, 0) is 6.42 Å². The van der Waals surface area contributed by atoms with Crippen molar-refractivity contribution >= 4 is 28.0 Å². The summed E-state index contributed by atoms with van der Waals surface area (Å²) >= 11 is 1.33. The van der Waals surface area contributed by atoms with Gasteiger partial charge in [0.15, 0.2) is 5.78 Å². The topological polar surface area (TPSA) is 42.0 Å². The van der Waals surface area contributed by atoms with Crippen molar-refractivity contribution in [2.75, 3.05) is 5.32 Å². The summed E-state index contributed by atoms with van der Waals surface area (Å²) < 4.78 is 4.23. The molecule has 0 fully saturated rings. The molecule has 1 aromatic carbocycles. The maximum atomic E-state index is 11.6. The van der Waals surface area contributed by atoms with E-state index in [0.717, 1.165) is 22.8 Å². The zero-order valence-electron chi connectivity index (χ0n) is 10.8. The fourth-order valence-corrected chi connectivity index (χ4v) is 2.69. The van der Waals surface area contributed by atoms with Gasteiger partial charge < -0.3 is 5.32 Å². The van der Waals surface area contributed by atoms with E-state index in [1.54, 1.807) is 6.92 Å². The van der Waals surface area contributed by atoms with Crippen molar-refractivity contribution in [2.24, 2.45) is 0 Å². The van der Waals surface area contributed by atoms with Gasteiger partial charge in [-0.25, -0.2) is 0 Å². The first-order valence-electron chi connectivity index (χ1n) is 5.95. The van der Waals surface area contributed by atoms with Crippen LogP contribution in [0.4, 0.5) is 10.7 Å². The monoisotopic (exact) mass is 260 g/mol. The minimum atomic E-state index is 0.0499. The highest BCUT2D eigenvalue weighted by Gasteiger charge is 2.14. The van der Waals surface area contributed by atoms with Gasteiger partial charge >= 0.3 is 0 Å². The van der Waals surface area contributed by atoms with Gasteiger partial charge in [0.25, 0.3) is 0 Å². The van der Waals surface area contributed by atoms with Crippen molar-refractivity contribution in [3.8, 4) is 0 Å². The molecule has 0 aliphatic carbocycles. The third-order valence-electron chi connectivity index (χ3n) is 2.83. The van der Waals surface area contributed by atoms with E-state index in [1.807, 2.05) is 19.1 Å². The summed E-state index contributed by atoms with van der Waals surface area (Å²) in [5, 5.41) is 4.08. The Hall–Kier alpha value is -1.68. The quantitative estimate of drug-likeness (QED) is 0.846. The Labute approximate surface area is 111 Å². The summed E-state index contributed by atoms with van der Waals surface area (Å²) in [5.74, 6) is 0.0499. The van der Waals surface area contributed by atoms with Crippen molar-refractivity contribution in [3.05, 3.63) is 41.1 Å². The number of aromatic nitrogens is 1. The number of rotatable bonds is 4. The summed E-state index contributed by atoms with van der Waals surface area (Å²) in [6, 6.07) is 8.23. The number of nitrogens with zero attached hydrogens (tertiary/aromatic N) is 1. The number of anilines is 2. The molecule has 4 heteroatoms. The fraction of sp³-hybridized carbons (Fsp3) is 0.286. The molecule has 0 aliphatic rings. The summed E-state index contributed by atoms with van der Waals surface area (Å²) in [5.41, 5.74) is 3.77. The largest absolute Gasteiger partial charge is 0.345 e. The van der Waals surface area contributed by atoms with Gasteiger partial charge in [-0.05, 0) is 49.5 Å². The van der Waals surface area contributed by atoms with E-state index in [2.05, 4.69) is 28.7 Å². The van der Waals surface area contributed by atoms with Gasteiger partial charge in [0, 0.05) is 5.69 Å². The van der Waals surface area contributed by atoms with Gasteiger partial charge in [-0.3, -0.25) is 4.79 Å². The summed E-state index contributed by atoms with van der Waals surface area (Å²) in [4.78, 5) is 11.6. The normalized spacial score (nSPS) is 10.4. The first-order valence-corrected chi connectivity index (χ1v) is 6.72. The highest BCUT2D eigenvalue weighted by atomic mass is 32.1. The number of nitrogens with one attached hydrogen (secondary N) is 1. The molecule has 0 saturated heterocycles. The Bertz CT molecular complexity index is 558. The van der Waals surface area contributed by atoms with Crippen LogP contribution in [0.2, 0.25) is 0 Å². The Morgan fingerprint density at radius 1 is 1.33 bits per heavy atom. The predicted octanol–water partition coefficient (Wildman–Crippen LogP) is 3.96. The maximum absolute atomic E-state index is 11.6. The SMILES string of the molecule is CCc1ccc(Nc2snc(C)c2C(C)=O)cc1. The average molecular weight is 260 g/mol. The lowest BCUT2D eigenvalue weighted by atomic mass is 10.1. The van der Waals surface area contributed by atoms with E-state index >= 15 is 0 Å². The zero-order chi connectivity index (χ0) is 13.1. The highest BCUT2D eigenvalue weighted by Crippen LogP contribution is 2.28. The second kappa shape index (κ2) is 5.31. The van der Waals surface area contributed by atoms with Crippen molar-refractivity contribution in [3.63, 3.8) is 0 Å². The molecule has 0 bridgehead atoms. The van der Waals surface area contributed by atoms with E-state index in [4.69, 9.17) is 0 Å². The highest BCUT2D eigenvalue weighted by molar-refractivity contribution is 7.10. The molecular formula is C14H16N2OS. The van der Waals surface area contributed by atoms with E-state index in [0.29, 0.717) is 5.56 Å². The lowest BCUT2D eigenvalue weighted by Crippen LogP contribution is -1.98. The van der Waals surface area contributed by atoms with Crippen LogP contribution < -0.4 is 5.32 Å². The van der Waals surface area contributed by atoms with Crippen LogP contribution in [0.5, 0.6) is 0 Å². The lowest BCUT2D eigenvalue weighted by molar-refractivity contribution is 0.101. The Morgan fingerprint density at radius 3 is 2.56 bits per heavy atom. The smallest absolute Gasteiger partial charge is 0.164 e. The molecule has 18 heavy (non-hydrogen) atoms. The first kappa shape index (κ1) is 12.8. The fourth-order valence-electron chi connectivity index (χ4n) is 1.82. The minimum absolute atomic E-state index is 0.0499. The molecule has 2 rings (SSSR count). The number of hydrogen-bond acceptors (Lipinski definition) is 4. The van der Waals surface area contributed by atoms with E-state index < -0.39 is 0 Å². The number of Topliss-reactive ketones (excluding diaryl/α,β-unsaturated/α-hetero) is 1. The molecule has 1 aromatic heterocycles. The van der Waals surface area contributed by atoms with Crippen LogP contribution in [0.25, 0.3) is 0 Å². The summed E-state index contributed by atoms with van der Waals surface area (Å²) in [7, 11) is 0. The van der Waals surface area contributed by atoms with Gasteiger partial charge in [-0.1, -0.05) is 19.1 Å². The molecular weight excluding hydrogens is 244 g/mol. The second-order valence-electron chi connectivity index (χ2n) is 4.20. The lowest BCUT2D eigenvalue weighted by Gasteiger charge is -2.06. The molecule has 0 unspecified atom stereocenters. The molecule has 0 radical (unpaired) electrons. The van der Waals surface area contributed by atoms with Crippen molar-refractivity contribution in [1.29, 1.82) is 0 Å². The molecule has 1 N–H and O–H groups in total. The summed E-state index contributed by atoms with van der Waals surface area (Å²) in [6.45, 7) is 5.56. The van der Waals surface area contributed by atoms with Crippen LogP contribution in [0.15, 0.2) is 24.3 Å². The molecule has 3 nitrogen and oxygen atoms in total. The number of benzene rings is 1. The van der Waals surface area contributed by atoms with Crippen molar-refractivity contribution in [1.82, 2.24) is 4.37 Å². The number of carbonyl (C=O) groups is 1. The maximum Gasteiger partial charge on any atom is 0.164 e. The molecule has 0 amide bonds. The van der Waals surface area contributed by atoms with Gasteiger partial charge in [-0.15, -0.1) is 0 Å². The molecule has 0 aliphatic heterocycles. The van der Waals surface area contributed by atoms with E-state index in [9.17, 15) is 4.79 Å². The van der Waals surface area contributed by atoms with E-state index in [-0.39, 0.29) is 5.78 Å². The van der Waals surface area contributed by atoms with Crippen LogP contribution in [0.1, 0.15) is 35.5 Å². The van der Waals surface area contributed by atoms with Crippen LogP contribution in [-0.4, -0.2) is 10.2 Å². The third kappa shape index (κ3) is 2.59. The second-order valence-corrected chi connectivity index (χ2v) is 4.98. The van der Waals surface area contributed by atoms with Crippen LogP contribution in [0, 0.1) is 6.92 Å². The molecule has 94 valence electrons. The Morgan fingerprint density at radius 2 is 2.00 bits per heavy atom. The van der Waals surface area contributed by atoms with Crippen LogP contribution >= 0.6 is 11.5 Å². The molecule has 0 spiro atoms. The minimum Gasteiger partial charge on any atom is -0.345 e.